The molecule has 1 saturated carbocycles. The molecule has 0 saturated heterocycles. The van der Waals surface area contributed by atoms with E-state index in [0.29, 0.717) is 6.54 Å². The van der Waals surface area contributed by atoms with Crippen molar-refractivity contribution >= 4 is 11.6 Å². The third kappa shape index (κ3) is 2.24. The van der Waals surface area contributed by atoms with Gasteiger partial charge in [0.15, 0.2) is 0 Å². The molecule has 1 aliphatic rings. The Bertz CT molecular complexity index is 425. The molecule has 2 nitrogen and oxygen atoms in total. The third-order valence-electron chi connectivity index (χ3n) is 4.31. The van der Waals surface area contributed by atoms with E-state index in [-0.39, 0.29) is 5.41 Å². The van der Waals surface area contributed by atoms with Gasteiger partial charge in [0.2, 0.25) is 0 Å². The van der Waals surface area contributed by atoms with Gasteiger partial charge in [0.05, 0.1) is 7.11 Å². The predicted molar refractivity (Wildman–Crippen MR) is 76.6 cm³/mol. The van der Waals surface area contributed by atoms with Crippen molar-refractivity contribution in [3.05, 3.63) is 28.3 Å². The third-order valence-corrected chi connectivity index (χ3v) is 4.72. The standard InChI is InChI=1S/C15H22ClNO/c1-11-12(16)6-7-13(18-2)14(11)15(10-17)8-4-3-5-9-15/h6-7H,3-5,8-10,17H2,1-2H3. The van der Waals surface area contributed by atoms with Gasteiger partial charge in [0.25, 0.3) is 0 Å². The Labute approximate surface area is 114 Å². The molecule has 1 fully saturated rings. The van der Waals surface area contributed by atoms with Gasteiger partial charge in [0, 0.05) is 22.5 Å². The van der Waals surface area contributed by atoms with Crippen molar-refractivity contribution in [1.82, 2.24) is 0 Å². The lowest BCUT2D eigenvalue weighted by atomic mass is 9.68. The van der Waals surface area contributed by atoms with E-state index < -0.39 is 0 Å². The Morgan fingerprint density at radius 1 is 1.28 bits per heavy atom. The minimum absolute atomic E-state index is 0.0541. The van der Waals surface area contributed by atoms with Gasteiger partial charge in [-0.05, 0) is 37.5 Å². The van der Waals surface area contributed by atoms with Crippen LogP contribution in [-0.4, -0.2) is 13.7 Å². The van der Waals surface area contributed by atoms with E-state index in [1.54, 1.807) is 7.11 Å². The van der Waals surface area contributed by atoms with E-state index in [2.05, 4.69) is 6.92 Å². The van der Waals surface area contributed by atoms with Crippen LogP contribution in [0.1, 0.15) is 43.2 Å². The van der Waals surface area contributed by atoms with Crippen molar-refractivity contribution in [2.24, 2.45) is 5.73 Å². The molecule has 2 N–H and O–H groups in total. The molecule has 0 aromatic heterocycles. The zero-order valence-corrected chi connectivity index (χ0v) is 12.0. The van der Waals surface area contributed by atoms with Crippen molar-refractivity contribution in [3.8, 4) is 5.75 Å². The summed E-state index contributed by atoms with van der Waals surface area (Å²) in [6.45, 7) is 2.75. The van der Waals surface area contributed by atoms with Crippen molar-refractivity contribution in [3.63, 3.8) is 0 Å². The highest BCUT2D eigenvalue weighted by Gasteiger charge is 2.36. The maximum atomic E-state index is 6.28. The van der Waals surface area contributed by atoms with Crippen LogP contribution < -0.4 is 10.5 Å². The summed E-state index contributed by atoms with van der Waals surface area (Å²) >= 11 is 6.28. The van der Waals surface area contributed by atoms with Gasteiger partial charge >= 0.3 is 0 Å². The van der Waals surface area contributed by atoms with Crippen molar-refractivity contribution in [2.75, 3.05) is 13.7 Å². The number of ether oxygens (including phenoxy) is 1. The van der Waals surface area contributed by atoms with Crippen molar-refractivity contribution < 1.29 is 4.74 Å². The first-order chi connectivity index (χ1) is 8.64. The Hall–Kier alpha value is -0.730. The van der Waals surface area contributed by atoms with Gasteiger partial charge in [-0.25, -0.2) is 0 Å². The SMILES string of the molecule is COc1ccc(Cl)c(C)c1C1(CN)CCCCC1. The molecule has 1 aromatic carbocycles. The summed E-state index contributed by atoms with van der Waals surface area (Å²) in [7, 11) is 1.72. The van der Waals surface area contributed by atoms with Crippen LogP contribution >= 0.6 is 11.6 Å². The molecular weight excluding hydrogens is 246 g/mol. The van der Waals surface area contributed by atoms with Crippen LogP contribution in [0.3, 0.4) is 0 Å². The van der Waals surface area contributed by atoms with E-state index >= 15 is 0 Å². The fraction of sp³-hybridized carbons (Fsp3) is 0.600. The smallest absolute Gasteiger partial charge is 0.123 e. The molecule has 0 bridgehead atoms. The molecule has 3 heteroatoms. The molecule has 0 spiro atoms. The fourth-order valence-corrected chi connectivity index (χ4v) is 3.43. The van der Waals surface area contributed by atoms with Gasteiger partial charge in [-0.3, -0.25) is 0 Å². The summed E-state index contributed by atoms with van der Waals surface area (Å²) in [5, 5.41) is 0.809. The molecule has 2 rings (SSSR count). The van der Waals surface area contributed by atoms with Crippen LogP contribution in [0.15, 0.2) is 12.1 Å². The zero-order valence-electron chi connectivity index (χ0n) is 11.3. The quantitative estimate of drug-likeness (QED) is 0.904. The van der Waals surface area contributed by atoms with Crippen LogP contribution in [0, 0.1) is 6.92 Å². The normalized spacial score (nSPS) is 18.7. The van der Waals surface area contributed by atoms with E-state index in [0.717, 1.165) is 29.2 Å². The number of rotatable bonds is 3. The maximum Gasteiger partial charge on any atom is 0.123 e. The molecule has 0 aliphatic heterocycles. The first-order valence-electron chi connectivity index (χ1n) is 6.68. The molecule has 1 aliphatic carbocycles. The highest BCUT2D eigenvalue weighted by atomic mass is 35.5. The van der Waals surface area contributed by atoms with Crippen molar-refractivity contribution in [2.45, 2.75) is 44.4 Å². The first-order valence-corrected chi connectivity index (χ1v) is 7.06. The number of halogens is 1. The molecular formula is C15H22ClNO. The Morgan fingerprint density at radius 3 is 2.50 bits per heavy atom. The largest absolute Gasteiger partial charge is 0.496 e. The summed E-state index contributed by atoms with van der Waals surface area (Å²) < 4.78 is 5.55. The van der Waals surface area contributed by atoms with Gasteiger partial charge in [-0.1, -0.05) is 30.9 Å². The minimum atomic E-state index is 0.0541. The highest BCUT2D eigenvalue weighted by molar-refractivity contribution is 6.31. The molecule has 0 unspecified atom stereocenters. The lowest BCUT2D eigenvalue weighted by Crippen LogP contribution is -2.38. The van der Waals surface area contributed by atoms with Crippen LogP contribution in [0.4, 0.5) is 0 Å². The second-order valence-corrected chi connectivity index (χ2v) is 5.70. The van der Waals surface area contributed by atoms with Gasteiger partial charge in [-0.2, -0.15) is 0 Å². The number of methoxy groups -OCH3 is 1. The average Bonchev–Trinajstić information content (AvgIpc) is 2.42. The summed E-state index contributed by atoms with van der Waals surface area (Å²) in [5.41, 5.74) is 8.53. The van der Waals surface area contributed by atoms with Gasteiger partial charge < -0.3 is 10.5 Å². The minimum Gasteiger partial charge on any atom is -0.496 e. The number of nitrogens with two attached hydrogens (primary N) is 1. The summed E-state index contributed by atoms with van der Waals surface area (Å²) in [6, 6.07) is 3.88. The first kappa shape index (κ1) is 13.7. The lowest BCUT2D eigenvalue weighted by Gasteiger charge is -2.39. The maximum absolute atomic E-state index is 6.28. The Kier molecular flexibility index (Phi) is 4.18. The topological polar surface area (TPSA) is 35.2 Å². The predicted octanol–water partition coefficient (Wildman–Crippen LogP) is 3.82. The van der Waals surface area contributed by atoms with E-state index in [1.807, 2.05) is 12.1 Å². The number of hydrogen-bond donors (Lipinski definition) is 1. The van der Waals surface area contributed by atoms with Gasteiger partial charge in [-0.15, -0.1) is 0 Å². The summed E-state index contributed by atoms with van der Waals surface area (Å²) in [4.78, 5) is 0. The Morgan fingerprint density at radius 2 is 1.94 bits per heavy atom. The zero-order chi connectivity index (χ0) is 13.2. The van der Waals surface area contributed by atoms with Crippen LogP contribution in [-0.2, 0) is 5.41 Å². The molecule has 18 heavy (non-hydrogen) atoms. The monoisotopic (exact) mass is 267 g/mol. The van der Waals surface area contributed by atoms with Crippen LogP contribution in [0.5, 0.6) is 5.75 Å². The number of hydrogen-bond acceptors (Lipinski definition) is 2. The molecule has 0 amide bonds. The second kappa shape index (κ2) is 5.50. The highest BCUT2D eigenvalue weighted by Crippen LogP contribution is 2.45. The molecule has 1 aromatic rings. The number of benzene rings is 1. The van der Waals surface area contributed by atoms with E-state index in [9.17, 15) is 0 Å². The van der Waals surface area contributed by atoms with Crippen LogP contribution in [0.2, 0.25) is 5.02 Å². The molecule has 0 heterocycles. The van der Waals surface area contributed by atoms with E-state index in [4.69, 9.17) is 22.1 Å². The molecule has 100 valence electrons. The van der Waals surface area contributed by atoms with Crippen molar-refractivity contribution in [1.29, 1.82) is 0 Å². The molecule has 0 atom stereocenters. The van der Waals surface area contributed by atoms with Crippen LogP contribution in [0.25, 0.3) is 0 Å². The molecule has 0 radical (unpaired) electrons. The van der Waals surface area contributed by atoms with Gasteiger partial charge in [0.1, 0.15) is 5.75 Å². The summed E-state index contributed by atoms with van der Waals surface area (Å²) in [6.07, 6.45) is 6.07. The van der Waals surface area contributed by atoms with E-state index in [1.165, 1.54) is 24.8 Å². The lowest BCUT2D eigenvalue weighted by molar-refractivity contribution is 0.286. The summed E-state index contributed by atoms with van der Waals surface area (Å²) in [5.74, 6) is 0.934. The Balaban J connectivity index is 2.56. The second-order valence-electron chi connectivity index (χ2n) is 5.29. The average molecular weight is 268 g/mol. The fourth-order valence-electron chi connectivity index (χ4n) is 3.28.